The molecule has 0 aromatic heterocycles. The first-order valence-electron chi connectivity index (χ1n) is 13.4. The Hall–Kier alpha value is -4.39. The fourth-order valence-electron chi connectivity index (χ4n) is 4.24. The highest BCUT2D eigenvalue weighted by Crippen LogP contribution is 2.40. The molecule has 0 saturated carbocycles. The van der Waals surface area contributed by atoms with Crippen molar-refractivity contribution in [3.8, 4) is 11.5 Å². The third kappa shape index (κ3) is 6.97. The number of benzene rings is 3. The van der Waals surface area contributed by atoms with E-state index >= 15 is 0 Å². The maximum atomic E-state index is 12.8. The molecule has 3 aromatic rings. The minimum absolute atomic E-state index is 0.168. The zero-order chi connectivity index (χ0) is 28.7. The molecular weight excluding hydrogens is 506 g/mol. The van der Waals surface area contributed by atoms with Crippen LogP contribution in [0.4, 0.5) is 4.79 Å². The molecule has 7 nitrogen and oxygen atoms in total. The summed E-state index contributed by atoms with van der Waals surface area (Å²) in [4.78, 5) is 39.1. The van der Waals surface area contributed by atoms with Gasteiger partial charge in [-0.05, 0) is 74.1 Å². The number of para-hydroxylation sites is 1. The highest BCUT2D eigenvalue weighted by Gasteiger charge is 2.26. The summed E-state index contributed by atoms with van der Waals surface area (Å²) in [6, 6.07) is 24.4. The number of ether oxygens (including phenoxy) is 3. The zero-order valence-corrected chi connectivity index (χ0v) is 23.4. The van der Waals surface area contributed by atoms with Crippen molar-refractivity contribution in [1.29, 1.82) is 0 Å². The van der Waals surface area contributed by atoms with E-state index in [0.717, 1.165) is 28.7 Å². The van der Waals surface area contributed by atoms with Crippen LogP contribution >= 0.6 is 0 Å². The second-order valence-electron chi connectivity index (χ2n) is 10.7. The van der Waals surface area contributed by atoms with Gasteiger partial charge in [0.1, 0.15) is 11.5 Å². The number of likely N-dealkylation sites (tertiary alicyclic amines) is 1. The Morgan fingerprint density at radius 2 is 1.43 bits per heavy atom. The zero-order valence-electron chi connectivity index (χ0n) is 23.4. The Labute approximate surface area is 235 Å². The van der Waals surface area contributed by atoms with E-state index in [4.69, 9.17) is 14.2 Å². The number of esters is 2. The maximum Gasteiger partial charge on any atom is 0.415 e. The fourth-order valence-corrected chi connectivity index (χ4v) is 4.24. The summed E-state index contributed by atoms with van der Waals surface area (Å²) in [5, 5.41) is 0. The number of nitrogens with zero attached hydrogens (tertiary/aromatic N) is 1. The number of carbonyl (C=O) groups is 3. The van der Waals surface area contributed by atoms with Crippen molar-refractivity contribution in [2.24, 2.45) is 5.41 Å². The predicted octanol–water partition coefficient (Wildman–Crippen LogP) is 6.75. The molecule has 0 radical (unpaired) electrons. The smallest absolute Gasteiger partial charge is 0.415 e. The number of amides is 1. The monoisotopic (exact) mass is 541 g/mol. The summed E-state index contributed by atoms with van der Waals surface area (Å²) in [6.07, 6.45) is 1.13. The van der Waals surface area contributed by atoms with Crippen LogP contribution in [-0.4, -0.2) is 43.1 Å². The van der Waals surface area contributed by atoms with Gasteiger partial charge in [0.05, 0.1) is 12.5 Å². The average molecular weight is 542 g/mol. The van der Waals surface area contributed by atoms with E-state index in [2.05, 4.69) is 0 Å². The molecule has 208 valence electrons. The quantitative estimate of drug-likeness (QED) is 0.178. The Morgan fingerprint density at radius 1 is 0.775 bits per heavy atom. The van der Waals surface area contributed by atoms with E-state index in [1.165, 1.54) is 7.11 Å². The first-order chi connectivity index (χ1) is 19.2. The summed E-state index contributed by atoms with van der Waals surface area (Å²) in [5.41, 5.74) is 3.49. The number of hydrogen-bond donors (Lipinski definition) is 0. The van der Waals surface area contributed by atoms with Crippen LogP contribution in [-0.2, 0) is 14.3 Å². The minimum Gasteiger partial charge on any atom is -0.469 e. The minimum atomic E-state index is -0.641. The predicted molar refractivity (Wildman–Crippen MR) is 154 cm³/mol. The molecule has 0 bridgehead atoms. The van der Waals surface area contributed by atoms with Crippen LogP contribution in [0, 0.1) is 5.41 Å². The molecule has 0 unspecified atom stereocenters. The van der Waals surface area contributed by atoms with Crippen LogP contribution in [0.2, 0.25) is 0 Å². The Kier molecular flexibility index (Phi) is 9.04. The molecular formula is C33H35NO6. The molecule has 0 aliphatic carbocycles. The van der Waals surface area contributed by atoms with Gasteiger partial charge in [0.15, 0.2) is 0 Å². The molecule has 1 heterocycles. The summed E-state index contributed by atoms with van der Waals surface area (Å²) in [6.45, 7) is 6.75. The van der Waals surface area contributed by atoms with Gasteiger partial charge in [-0.25, -0.2) is 4.79 Å². The van der Waals surface area contributed by atoms with Crippen molar-refractivity contribution >= 4 is 29.2 Å². The van der Waals surface area contributed by atoms with Gasteiger partial charge in [-0.1, -0.05) is 60.7 Å². The van der Waals surface area contributed by atoms with Crippen molar-refractivity contribution in [1.82, 2.24) is 4.90 Å². The van der Waals surface area contributed by atoms with Gasteiger partial charge >= 0.3 is 18.0 Å². The summed E-state index contributed by atoms with van der Waals surface area (Å²) in [5.74, 6) is 0.192. The van der Waals surface area contributed by atoms with Gasteiger partial charge in [-0.15, -0.1) is 0 Å². The number of carbonyl (C=O) groups excluding carboxylic acids is 3. The molecule has 7 heteroatoms. The van der Waals surface area contributed by atoms with Gasteiger partial charge in [-0.3, -0.25) is 9.59 Å². The molecule has 40 heavy (non-hydrogen) atoms. The van der Waals surface area contributed by atoms with Gasteiger partial charge in [0, 0.05) is 25.1 Å². The first-order valence-corrected chi connectivity index (χ1v) is 13.4. The average Bonchev–Trinajstić information content (AvgIpc) is 2.91. The van der Waals surface area contributed by atoms with E-state index in [-0.39, 0.29) is 18.4 Å². The lowest BCUT2D eigenvalue weighted by molar-refractivity contribution is -0.143. The topological polar surface area (TPSA) is 82.1 Å². The molecule has 0 atom stereocenters. The summed E-state index contributed by atoms with van der Waals surface area (Å²) in [7, 11) is 1.37. The number of rotatable bonds is 8. The van der Waals surface area contributed by atoms with Crippen molar-refractivity contribution < 1.29 is 28.6 Å². The Bertz CT molecular complexity index is 1380. The van der Waals surface area contributed by atoms with E-state index < -0.39 is 11.5 Å². The maximum absolute atomic E-state index is 12.8. The van der Waals surface area contributed by atoms with Crippen LogP contribution in [0.5, 0.6) is 11.5 Å². The van der Waals surface area contributed by atoms with Crippen molar-refractivity contribution in [2.75, 3.05) is 20.2 Å². The van der Waals surface area contributed by atoms with Crippen LogP contribution in [0.3, 0.4) is 0 Å². The van der Waals surface area contributed by atoms with Crippen LogP contribution in [0.1, 0.15) is 56.7 Å². The number of hydrogen-bond acceptors (Lipinski definition) is 6. The lowest BCUT2D eigenvalue weighted by Gasteiger charge is -2.30. The van der Waals surface area contributed by atoms with E-state index in [1.807, 2.05) is 60.7 Å². The highest BCUT2D eigenvalue weighted by molar-refractivity contribution is 6.01. The molecule has 3 aromatic carbocycles. The third-order valence-electron chi connectivity index (χ3n) is 6.66. The number of methoxy groups -OCH3 is 1. The lowest BCUT2D eigenvalue weighted by Crippen LogP contribution is -2.43. The Morgan fingerprint density at radius 3 is 2.02 bits per heavy atom. The lowest BCUT2D eigenvalue weighted by atomic mass is 9.86. The number of allylic oxidation sites excluding steroid dienone is 1. The summed E-state index contributed by atoms with van der Waals surface area (Å²) < 4.78 is 16.4. The van der Waals surface area contributed by atoms with Crippen molar-refractivity contribution in [3.63, 3.8) is 0 Å². The largest absolute Gasteiger partial charge is 0.469 e. The second-order valence-corrected chi connectivity index (χ2v) is 10.7. The van der Waals surface area contributed by atoms with E-state index in [9.17, 15) is 14.4 Å². The fraction of sp³-hybridized carbons (Fsp3) is 0.303. The van der Waals surface area contributed by atoms with Crippen LogP contribution < -0.4 is 9.47 Å². The molecule has 1 aliphatic rings. The SMILES string of the molecule is COC(=O)CC/C(=C(/c1ccc(OC(=O)C(C)(C)C)cc1)c1ccccc1OC(=O)N1CCC1)c1ccccc1. The van der Waals surface area contributed by atoms with Crippen LogP contribution in [0.25, 0.3) is 11.1 Å². The van der Waals surface area contributed by atoms with Crippen LogP contribution in [0.15, 0.2) is 78.9 Å². The molecule has 1 amide bonds. The van der Waals surface area contributed by atoms with Crippen molar-refractivity contribution in [3.05, 3.63) is 95.6 Å². The second kappa shape index (κ2) is 12.6. The summed E-state index contributed by atoms with van der Waals surface area (Å²) >= 11 is 0. The molecule has 1 aliphatic heterocycles. The van der Waals surface area contributed by atoms with Gasteiger partial charge in [0.25, 0.3) is 0 Å². The normalized spacial score (nSPS) is 13.6. The van der Waals surface area contributed by atoms with Gasteiger partial charge in [-0.2, -0.15) is 0 Å². The van der Waals surface area contributed by atoms with E-state index in [0.29, 0.717) is 36.6 Å². The molecule has 4 rings (SSSR count). The molecule has 0 spiro atoms. The van der Waals surface area contributed by atoms with Gasteiger partial charge in [0.2, 0.25) is 0 Å². The Balaban J connectivity index is 1.85. The highest BCUT2D eigenvalue weighted by atomic mass is 16.6. The molecule has 1 saturated heterocycles. The van der Waals surface area contributed by atoms with E-state index in [1.54, 1.807) is 43.9 Å². The third-order valence-corrected chi connectivity index (χ3v) is 6.66. The van der Waals surface area contributed by atoms with Gasteiger partial charge < -0.3 is 19.1 Å². The first kappa shape index (κ1) is 28.6. The molecule has 1 fully saturated rings. The van der Waals surface area contributed by atoms with Crippen molar-refractivity contribution in [2.45, 2.75) is 40.0 Å². The standard InChI is InChI=1S/C33H35NO6/c1-33(2,3)31(36)39-25-17-15-24(16-18-25)30(26(19-20-29(35)38-4)23-11-6-5-7-12-23)27-13-8-9-14-28(27)40-32(37)34-21-10-22-34/h5-9,11-18H,10,19-22H2,1-4H3/b30-26+. The molecule has 0 N–H and O–H groups in total.